The minimum atomic E-state index is -4.54. The van der Waals surface area contributed by atoms with Crippen LogP contribution in [0.5, 0.6) is 0 Å². The van der Waals surface area contributed by atoms with Crippen molar-refractivity contribution in [2.75, 3.05) is 0 Å². The van der Waals surface area contributed by atoms with Gasteiger partial charge in [0, 0.05) is 0 Å². The van der Waals surface area contributed by atoms with Crippen molar-refractivity contribution >= 4 is 34.0 Å². The van der Waals surface area contributed by atoms with E-state index in [-0.39, 0.29) is 0 Å². The Balaban J connectivity index is 3.73. The summed E-state index contributed by atoms with van der Waals surface area (Å²) in [7, 11) is 0. The van der Waals surface area contributed by atoms with E-state index in [1.165, 1.54) is 0 Å². The standard InChI is InChI=1S/5ClH.La/h5*1H;/q;;;;;+5/p-5. The summed E-state index contributed by atoms with van der Waals surface area (Å²) in [5.41, 5.74) is 0. The van der Waals surface area contributed by atoms with Crippen molar-refractivity contribution in [3.8, 4) is 0 Å². The fraction of sp³-hybridized carbons (Fsp3) is 0. The molecule has 0 bridgehead atoms. The number of halogens is 5. The second kappa shape index (κ2) is 2.11. The third-order valence-corrected chi connectivity index (χ3v) is 0. The van der Waals surface area contributed by atoms with Crippen LogP contribution in [0.15, 0.2) is 0 Å². The molecule has 0 radical (unpaired) electrons. The third kappa shape index (κ3) is 30.3. The number of rotatable bonds is 0. The van der Waals surface area contributed by atoms with Gasteiger partial charge in [-0.05, 0) is 0 Å². The van der Waals surface area contributed by atoms with Gasteiger partial charge < -0.3 is 0 Å². The molecule has 38 valence electrons. The molecule has 0 aromatic rings. The Bertz CT molecular complexity index is 37.1. The topological polar surface area (TPSA) is 0 Å². The normalized spacial score (nSPS) is 15.0. The van der Waals surface area contributed by atoms with E-state index in [1.807, 2.05) is 0 Å². The molecule has 0 rings (SSSR count). The SMILES string of the molecule is [Cl][La]([Cl])([Cl])([Cl])[Cl]. The van der Waals surface area contributed by atoms with Crippen molar-refractivity contribution in [1.29, 1.82) is 0 Å². The van der Waals surface area contributed by atoms with Crippen LogP contribution in [0.2, 0.25) is 0 Å². The summed E-state index contributed by atoms with van der Waals surface area (Å²) in [4.78, 5) is 0. The molecule has 6 heteroatoms. The van der Waals surface area contributed by atoms with Gasteiger partial charge in [-0.3, -0.25) is 0 Å². The van der Waals surface area contributed by atoms with Crippen molar-refractivity contribution < 1.29 is 19.0 Å². The molecule has 6 heavy (non-hydrogen) atoms. The van der Waals surface area contributed by atoms with Crippen molar-refractivity contribution in [1.82, 2.24) is 0 Å². The van der Waals surface area contributed by atoms with Crippen LogP contribution in [0.3, 0.4) is 0 Å². The maximum atomic E-state index is 5.07. The Morgan fingerprint density at radius 1 is 0.667 bits per heavy atom. The first-order valence-corrected chi connectivity index (χ1v) is 23.8. The zero-order chi connectivity index (χ0) is 5.45. The summed E-state index contributed by atoms with van der Waals surface area (Å²) in [6.45, 7) is 25.4. The monoisotopic (exact) mass is 314 g/mol. The maximum absolute atomic E-state index is 5.07. The van der Waals surface area contributed by atoms with Gasteiger partial charge in [0.05, 0.1) is 0 Å². The van der Waals surface area contributed by atoms with Crippen molar-refractivity contribution in [3.05, 3.63) is 0 Å². The summed E-state index contributed by atoms with van der Waals surface area (Å²) >= 11 is -4.54. The van der Waals surface area contributed by atoms with E-state index in [1.54, 1.807) is 0 Å². The van der Waals surface area contributed by atoms with Gasteiger partial charge in [0.1, 0.15) is 0 Å². The molecular weight excluding hydrogens is 316 g/mol. The van der Waals surface area contributed by atoms with E-state index in [4.69, 9.17) is 34.0 Å². The summed E-state index contributed by atoms with van der Waals surface area (Å²) in [6.07, 6.45) is 0. The van der Waals surface area contributed by atoms with Crippen LogP contribution in [0, 0.1) is 19.0 Å². The first-order chi connectivity index (χ1) is 2.24. The fourth-order valence-corrected chi connectivity index (χ4v) is 0. The molecule has 0 N–H and O–H groups in total. The molecule has 0 spiro atoms. The van der Waals surface area contributed by atoms with Gasteiger partial charge >= 0.3 is 53.0 Å². The summed E-state index contributed by atoms with van der Waals surface area (Å²) in [5.74, 6) is 0. The molecule has 0 amide bonds. The number of hydrogen-bond acceptors (Lipinski definition) is 0. The Morgan fingerprint density at radius 2 is 0.667 bits per heavy atom. The second-order valence-electron chi connectivity index (χ2n) is 0.825. The van der Waals surface area contributed by atoms with Crippen LogP contribution < -0.4 is 0 Å². The summed E-state index contributed by atoms with van der Waals surface area (Å²) < 4.78 is 0. The number of hydrogen-bond donors (Lipinski definition) is 0. The molecule has 0 aliphatic rings. The molecule has 0 saturated heterocycles. The van der Waals surface area contributed by atoms with Gasteiger partial charge in [-0.25, -0.2) is 0 Å². The Hall–Kier alpha value is 2.64. The molecule has 0 aliphatic heterocycles. The van der Waals surface area contributed by atoms with Crippen molar-refractivity contribution in [2.24, 2.45) is 0 Å². The Kier molecular flexibility index (Phi) is 3.04. The minimum absolute atomic E-state index is 4.54. The van der Waals surface area contributed by atoms with E-state index in [0.29, 0.717) is 0 Å². The molecule has 0 unspecified atom stereocenters. The molecular formula is Cl5La. The average Bonchev–Trinajstić information content (AvgIpc) is 0.650. The predicted molar refractivity (Wildman–Crippen MR) is 29.3 cm³/mol. The third-order valence-electron chi connectivity index (χ3n) is 0. The van der Waals surface area contributed by atoms with Crippen molar-refractivity contribution in [3.63, 3.8) is 0 Å². The van der Waals surface area contributed by atoms with Gasteiger partial charge in [-0.15, -0.1) is 0 Å². The van der Waals surface area contributed by atoms with E-state index in [9.17, 15) is 0 Å². The van der Waals surface area contributed by atoms with Crippen LogP contribution in [0.4, 0.5) is 0 Å². The Labute approximate surface area is 51.6 Å². The van der Waals surface area contributed by atoms with E-state index >= 15 is 0 Å². The molecule has 0 saturated carbocycles. The molecule has 0 fully saturated rings. The molecule has 0 nitrogen and oxygen atoms in total. The van der Waals surface area contributed by atoms with Crippen LogP contribution >= 0.6 is 34.0 Å². The van der Waals surface area contributed by atoms with Gasteiger partial charge in [-0.2, -0.15) is 0 Å². The molecule has 0 heterocycles. The molecule has 0 aliphatic carbocycles. The average molecular weight is 316 g/mol. The van der Waals surface area contributed by atoms with Crippen LogP contribution in [-0.4, -0.2) is 0 Å². The van der Waals surface area contributed by atoms with Gasteiger partial charge in [0.2, 0.25) is 0 Å². The fourth-order valence-electron chi connectivity index (χ4n) is 0. The van der Waals surface area contributed by atoms with E-state index in [2.05, 4.69) is 0 Å². The van der Waals surface area contributed by atoms with Crippen LogP contribution in [0.1, 0.15) is 0 Å². The van der Waals surface area contributed by atoms with Gasteiger partial charge in [0.15, 0.2) is 0 Å². The Morgan fingerprint density at radius 3 is 0.667 bits per heavy atom. The van der Waals surface area contributed by atoms with Gasteiger partial charge in [0.25, 0.3) is 0 Å². The van der Waals surface area contributed by atoms with E-state index in [0.717, 1.165) is 0 Å². The summed E-state index contributed by atoms with van der Waals surface area (Å²) in [6, 6.07) is 0. The van der Waals surface area contributed by atoms with Crippen molar-refractivity contribution in [2.45, 2.75) is 0 Å². The molecule has 0 aromatic carbocycles. The van der Waals surface area contributed by atoms with Crippen LogP contribution in [0.25, 0.3) is 0 Å². The zero-order valence-electron chi connectivity index (χ0n) is 2.47. The first kappa shape index (κ1) is 8.64. The second-order valence-corrected chi connectivity index (χ2v) is 54.0. The van der Waals surface area contributed by atoms with Gasteiger partial charge in [-0.1, -0.05) is 0 Å². The van der Waals surface area contributed by atoms with E-state index < -0.39 is 19.0 Å². The summed E-state index contributed by atoms with van der Waals surface area (Å²) in [5, 5.41) is 0. The predicted octanol–water partition coefficient (Wildman–Crippen LogP) is 3.45. The quantitative estimate of drug-likeness (QED) is 0.642. The zero-order valence-corrected chi connectivity index (χ0v) is 9.87. The first-order valence-electron chi connectivity index (χ1n) is 1.09. The molecule has 0 aromatic heterocycles. The van der Waals surface area contributed by atoms with Crippen LogP contribution in [-0.2, 0) is 0 Å². The molecule has 0 atom stereocenters.